The van der Waals surface area contributed by atoms with Crippen LogP contribution in [0.2, 0.25) is 0 Å². The van der Waals surface area contributed by atoms with Crippen LogP contribution in [0.3, 0.4) is 0 Å². The highest BCUT2D eigenvalue weighted by Gasteiger charge is 2.44. The number of benzene rings is 1. The number of likely N-dealkylation sites (tertiary alicyclic amines) is 1. The van der Waals surface area contributed by atoms with Crippen LogP contribution in [0.5, 0.6) is 0 Å². The molecular formula is C26H25F3N6S. The fourth-order valence-electron chi connectivity index (χ4n) is 5.88. The Bertz CT molecular complexity index is 1500. The van der Waals surface area contributed by atoms with Gasteiger partial charge in [0.15, 0.2) is 0 Å². The van der Waals surface area contributed by atoms with Crippen molar-refractivity contribution in [3.05, 3.63) is 52.3 Å². The number of aromatic amines is 1. The predicted molar refractivity (Wildman–Crippen MR) is 134 cm³/mol. The molecule has 2 saturated heterocycles. The van der Waals surface area contributed by atoms with E-state index < -0.39 is 12.6 Å². The Kier molecular flexibility index (Phi) is 5.46. The van der Waals surface area contributed by atoms with Gasteiger partial charge in [-0.1, -0.05) is 6.07 Å². The molecule has 1 atom stereocenters. The SMILES string of the molecule is Cc1c(CN2CCC3(CCN(c4ncnc5cc(CC(F)(F)F)sc45)C3)C2)ccc2[nH]c(C#N)cc12. The highest BCUT2D eigenvalue weighted by atomic mass is 32.1. The Labute approximate surface area is 210 Å². The molecule has 6 nitrogen and oxygen atoms in total. The lowest BCUT2D eigenvalue weighted by atomic mass is 9.86. The maximum Gasteiger partial charge on any atom is 0.393 e. The second kappa shape index (κ2) is 8.46. The molecule has 6 rings (SSSR count). The van der Waals surface area contributed by atoms with Crippen LogP contribution in [-0.4, -0.2) is 52.2 Å². The van der Waals surface area contributed by atoms with Gasteiger partial charge in [-0.3, -0.25) is 4.90 Å². The molecule has 5 heterocycles. The van der Waals surface area contributed by atoms with Gasteiger partial charge < -0.3 is 9.88 Å². The minimum atomic E-state index is -4.23. The average Bonchev–Trinajstić information content (AvgIpc) is 3.60. The monoisotopic (exact) mass is 510 g/mol. The summed E-state index contributed by atoms with van der Waals surface area (Å²) in [4.78, 5) is 16.9. The second-order valence-corrected chi connectivity index (χ2v) is 11.3. The summed E-state index contributed by atoms with van der Waals surface area (Å²) in [5.74, 6) is 0.760. The lowest BCUT2D eigenvalue weighted by molar-refractivity contribution is -0.126. The Morgan fingerprint density at radius 1 is 1.17 bits per heavy atom. The molecule has 36 heavy (non-hydrogen) atoms. The van der Waals surface area contributed by atoms with Gasteiger partial charge in [0.1, 0.15) is 23.9 Å². The Morgan fingerprint density at radius 3 is 2.81 bits per heavy atom. The van der Waals surface area contributed by atoms with Crippen molar-refractivity contribution in [2.24, 2.45) is 5.41 Å². The van der Waals surface area contributed by atoms with Crippen LogP contribution >= 0.6 is 11.3 Å². The molecule has 1 spiro atoms. The number of nitriles is 1. The number of hydrogen-bond donors (Lipinski definition) is 1. The minimum Gasteiger partial charge on any atom is -0.355 e. The number of thiophene rings is 1. The van der Waals surface area contributed by atoms with Gasteiger partial charge in [-0.15, -0.1) is 11.3 Å². The molecule has 1 aromatic carbocycles. The van der Waals surface area contributed by atoms with E-state index in [-0.39, 0.29) is 10.3 Å². The third-order valence-electron chi connectivity index (χ3n) is 7.67. The van der Waals surface area contributed by atoms with Gasteiger partial charge in [0.2, 0.25) is 0 Å². The fraction of sp³-hybridized carbons (Fsp3) is 0.423. The molecule has 0 bridgehead atoms. The second-order valence-electron chi connectivity index (χ2n) is 10.2. The number of aryl methyl sites for hydroxylation is 1. The van der Waals surface area contributed by atoms with Crippen molar-refractivity contribution < 1.29 is 13.2 Å². The molecule has 0 radical (unpaired) electrons. The molecular weight excluding hydrogens is 485 g/mol. The van der Waals surface area contributed by atoms with Crippen molar-refractivity contribution in [3.63, 3.8) is 0 Å². The molecule has 2 aliphatic heterocycles. The maximum atomic E-state index is 12.9. The van der Waals surface area contributed by atoms with Gasteiger partial charge in [-0.05, 0) is 55.6 Å². The lowest BCUT2D eigenvalue weighted by Gasteiger charge is -2.25. The normalized spacial score (nSPS) is 20.8. The van der Waals surface area contributed by atoms with E-state index in [9.17, 15) is 18.4 Å². The average molecular weight is 511 g/mol. The van der Waals surface area contributed by atoms with Gasteiger partial charge in [0.05, 0.1) is 16.6 Å². The van der Waals surface area contributed by atoms with Crippen LogP contribution in [0.1, 0.15) is 34.5 Å². The van der Waals surface area contributed by atoms with Crippen molar-refractivity contribution in [3.8, 4) is 6.07 Å². The number of nitrogens with zero attached hydrogens (tertiary/aromatic N) is 5. The minimum absolute atomic E-state index is 0.156. The van der Waals surface area contributed by atoms with E-state index in [2.05, 4.69) is 49.9 Å². The van der Waals surface area contributed by atoms with E-state index in [1.54, 1.807) is 6.07 Å². The van der Waals surface area contributed by atoms with Gasteiger partial charge in [0.25, 0.3) is 0 Å². The molecule has 4 aromatic rings. The van der Waals surface area contributed by atoms with Crippen LogP contribution < -0.4 is 4.90 Å². The highest BCUT2D eigenvalue weighted by molar-refractivity contribution is 7.19. The molecule has 0 amide bonds. The van der Waals surface area contributed by atoms with Crippen molar-refractivity contribution in [2.45, 2.75) is 38.9 Å². The number of rotatable bonds is 4. The standard InChI is InChI=1S/C26H25F3N6S/c1-16-17(2-3-21-20(16)8-18(11-30)33-21)12-34-6-4-25(13-34)5-7-35(14-25)24-23-22(31-15-32-24)9-19(36-23)10-26(27,28)29/h2-3,8-9,15,33H,4-7,10,12-14H2,1H3. The summed E-state index contributed by atoms with van der Waals surface area (Å²) < 4.78 is 39.5. The first-order valence-electron chi connectivity index (χ1n) is 12.0. The van der Waals surface area contributed by atoms with E-state index in [0.717, 1.165) is 78.3 Å². The molecule has 1 unspecified atom stereocenters. The van der Waals surface area contributed by atoms with Crippen LogP contribution in [0.4, 0.5) is 19.0 Å². The van der Waals surface area contributed by atoms with Crippen molar-refractivity contribution >= 4 is 38.3 Å². The predicted octanol–water partition coefficient (Wildman–Crippen LogP) is 5.56. The summed E-state index contributed by atoms with van der Waals surface area (Å²) in [6.45, 7) is 6.66. The Hall–Kier alpha value is -3.16. The van der Waals surface area contributed by atoms with Crippen molar-refractivity contribution in [1.82, 2.24) is 19.9 Å². The largest absolute Gasteiger partial charge is 0.393 e. The third-order valence-corrected chi connectivity index (χ3v) is 8.79. The third kappa shape index (κ3) is 4.20. The first-order valence-corrected chi connectivity index (χ1v) is 12.8. The number of anilines is 1. The Morgan fingerprint density at radius 2 is 2.00 bits per heavy atom. The van der Waals surface area contributed by atoms with Crippen LogP contribution in [0.25, 0.3) is 21.1 Å². The van der Waals surface area contributed by atoms with E-state index in [1.165, 1.54) is 17.5 Å². The van der Waals surface area contributed by atoms with Gasteiger partial charge >= 0.3 is 6.18 Å². The number of H-pyrrole nitrogens is 1. The number of halogens is 3. The first-order chi connectivity index (χ1) is 17.2. The van der Waals surface area contributed by atoms with Crippen LogP contribution in [0.15, 0.2) is 30.6 Å². The van der Waals surface area contributed by atoms with E-state index in [4.69, 9.17) is 0 Å². The summed E-state index contributed by atoms with van der Waals surface area (Å²) in [7, 11) is 0. The number of fused-ring (bicyclic) bond motifs is 2. The molecule has 0 saturated carbocycles. The van der Waals surface area contributed by atoms with Gasteiger partial charge in [-0.2, -0.15) is 18.4 Å². The first kappa shape index (κ1) is 23.3. The zero-order valence-corrected chi connectivity index (χ0v) is 20.6. The maximum absolute atomic E-state index is 12.9. The summed E-state index contributed by atoms with van der Waals surface area (Å²) >= 11 is 1.16. The molecule has 2 fully saturated rings. The van der Waals surface area contributed by atoms with Crippen LogP contribution in [-0.2, 0) is 13.0 Å². The molecule has 1 N–H and O–H groups in total. The van der Waals surface area contributed by atoms with Crippen LogP contribution in [0, 0.1) is 23.7 Å². The van der Waals surface area contributed by atoms with E-state index in [1.807, 2.05) is 6.07 Å². The van der Waals surface area contributed by atoms with E-state index in [0.29, 0.717) is 11.2 Å². The number of nitrogens with one attached hydrogen (secondary N) is 1. The topological polar surface area (TPSA) is 71.8 Å². The summed E-state index contributed by atoms with van der Waals surface area (Å²) in [5.41, 5.74) is 4.78. The molecule has 10 heteroatoms. The zero-order valence-electron chi connectivity index (χ0n) is 19.8. The van der Waals surface area contributed by atoms with Gasteiger partial charge in [-0.25, -0.2) is 9.97 Å². The highest BCUT2D eigenvalue weighted by Crippen LogP contribution is 2.43. The molecule has 2 aliphatic rings. The fourth-order valence-corrected chi connectivity index (χ4v) is 7.04. The summed E-state index contributed by atoms with van der Waals surface area (Å²) in [6.07, 6.45) is -1.58. The molecule has 3 aromatic heterocycles. The quantitative estimate of drug-likeness (QED) is 0.389. The number of alkyl halides is 3. The molecule has 186 valence electrons. The lowest BCUT2D eigenvalue weighted by Crippen LogP contribution is -2.31. The zero-order chi connectivity index (χ0) is 25.1. The molecule has 0 aliphatic carbocycles. The number of hydrogen-bond acceptors (Lipinski definition) is 6. The number of aromatic nitrogens is 3. The van der Waals surface area contributed by atoms with Gasteiger partial charge in [0, 0.05) is 47.4 Å². The smallest absolute Gasteiger partial charge is 0.355 e. The van der Waals surface area contributed by atoms with Crippen molar-refractivity contribution in [1.29, 1.82) is 5.26 Å². The van der Waals surface area contributed by atoms with E-state index >= 15 is 0 Å². The summed E-state index contributed by atoms with van der Waals surface area (Å²) in [6, 6.07) is 9.84. The van der Waals surface area contributed by atoms with Crippen molar-refractivity contribution in [2.75, 3.05) is 31.1 Å². The summed E-state index contributed by atoms with van der Waals surface area (Å²) in [5, 5.41) is 10.3. The Balaban J connectivity index is 1.18.